The number of likely N-dealkylation sites (tertiary alicyclic amines) is 2. The van der Waals surface area contributed by atoms with E-state index in [0.717, 1.165) is 51.0 Å². The minimum atomic E-state index is 0.674. The van der Waals surface area contributed by atoms with E-state index >= 15 is 0 Å². The summed E-state index contributed by atoms with van der Waals surface area (Å²) in [5, 5.41) is 0. The fourth-order valence-electron chi connectivity index (χ4n) is 3.94. The molecule has 0 aromatic heterocycles. The van der Waals surface area contributed by atoms with E-state index in [0.29, 0.717) is 5.92 Å². The highest BCUT2D eigenvalue weighted by molar-refractivity contribution is 5.78. The first-order valence-electron chi connectivity index (χ1n) is 10.1. The van der Waals surface area contributed by atoms with Crippen LogP contribution in [0.2, 0.25) is 0 Å². The van der Waals surface area contributed by atoms with E-state index in [1.165, 1.54) is 44.1 Å². The van der Waals surface area contributed by atoms with Gasteiger partial charge in [-0.05, 0) is 62.4 Å². The Balaban J connectivity index is 1.40. The third-order valence-corrected chi connectivity index (χ3v) is 5.71. The lowest BCUT2D eigenvalue weighted by Crippen LogP contribution is -2.39. The zero-order valence-corrected chi connectivity index (χ0v) is 16.2. The predicted octanol–water partition coefficient (Wildman–Crippen LogP) is 3.10. The van der Waals surface area contributed by atoms with E-state index in [-0.39, 0.29) is 0 Å². The molecule has 0 bridgehead atoms. The topological polar surface area (TPSA) is 54.1 Å². The van der Waals surface area contributed by atoms with Gasteiger partial charge in [0.1, 0.15) is 5.75 Å². The van der Waals surface area contributed by atoms with Crippen LogP contribution in [0.1, 0.15) is 44.1 Å². The molecule has 144 valence electrons. The van der Waals surface area contributed by atoms with Crippen LogP contribution in [0.5, 0.6) is 5.75 Å². The van der Waals surface area contributed by atoms with Crippen LogP contribution in [0.15, 0.2) is 29.3 Å². The van der Waals surface area contributed by atoms with Crippen molar-refractivity contribution in [3.63, 3.8) is 0 Å². The van der Waals surface area contributed by atoms with E-state index in [1.807, 2.05) is 12.1 Å². The molecule has 2 aliphatic heterocycles. The summed E-state index contributed by atoms with van der Waals surface area (Å²) in [5.41, 5.74) is 7.60. The zero-order chi connectivity index (χ0) is 18.2. The highest BCUT2D eigenvalue weighted by atomic mass is 16.5. The predicted molar refractivity (Wildman–Crippen MR) is 108 cm³/mol. The summed E-state index contributed by atoms with van der Waals surface area (Å²) in [6, 6.07) is 8.42. The zero-order valence-electron chi connectivity index (χ0n) is 16.2. The van der Waals surface area contributed by atoms with E-state index in [4.69, 9.17) is 15.5 Å². The molecule has 0 unspecified atom stereocenters. The van der Waals surface area contributed by atoms with Crippen LogP contribution in [0.3, 0.4) is 0 Å². The lowest BCUT2D eigenvalue weighted by Gasteiger charge is -2.31. The second-order valence-corrected chi connectivity index (χ2v) is 7.67. The second kappa shape index (κ2) is 9.81. The Hall–Kier alpha value is -1.75. The van der Waals surface area contributed by atoms with Gasteiger partial charge in [0, 0.05) is 26.2 Å². The third-order valence-electron chi connectivity index (χ3n) is 5.71. The molecule has 3 rings (SSSR count). The molecule has 1 aromatic carbocycles. The standard InChI is InChI=1S/C21H34N4O/c1-26-20-8-6-19(7-9-20)17-24-14-10-18(11-15-24)16-23-21(22)25-12-4-2-3-5-13-25/h6-9,18H,2-5,10-17H2,1H3,(H2,22,23). The number of aliphatic imine (C=N–C) groups is 1. The Bertz CT molecular complexity index is 556. The average molecular weight is 359 g/mol. The molecule has 2 aliphatic rings. The Labute approximate surface area is 158 Å². The molecular weight excluding hydrogens is 324 g/mol. The summed E-state index contributed by atoms with van der Waals surface area (Å²) in [5.74, 6) is 2.37. The van der Waals surface area contributed by atoms with Gasteiger partial charge in [-0.2, -0.15) is 0 Å². The molecule has 0 atom stereocenters. The van der Waals surface area contributed by atoms with Crippen LogP contribution in [0.25, 0.3) is 0 Å². The Kier molecular flexibility index (Phi) is 7.18. The van der Waals surface area contributed by atoms with Crippen molar-refractivity contribution in [3.8, 4) is 5.75 Å². The Morgan fingerprint density at radius 3 is 2.31 bits per heavy atom. The van der Waals surface area contributed by atoms with Crippen LogP contribution in [-0.2, 0) is 6.54 Å². The number of guanidine groups is 1. The fourth-order valence-corrected chi connectivity index (χ4v) is 3.94. The summed E-state index contributed by atoms with van der Waals surface area (Å²) in [4.78, 5) is 9.55. The van der Waals surface area contributed by atoms with E-state index in [1.54, 1.807) is 7.11 Å². The third kappa shape index (κ3) is 5.63. The van der Waals surface area contributed by atoms with E-state index < -0.39 is 0 Å². The van der Waals surface area contributed by atoms with Crippen molar-refractivity contribution in [1.82, 2.24) is 9.80 Å². The summed E-state index contributed by atoms with van der Waals surface area (Å²) >= 11 is 0. The minimum absolute atomic E-state index is 0.674. The van der Waals surface area contributed by atoms with Gasteiger partial charge in [0.15, 0.2) is 5.96 Å². The molecule has 2 heterocycles. The molecule has 0 aliphatic carbocycles. The first-order chi connectivity index (χ1) is 12.7. The van der Waals surface area contributed by atoms with E-state index in [2.05, 4.69) is 21.9 Å². The fraction of sp³-hybridized carbons (Fsp3) is 0.667. The van der Waals surface area contributed by atoms with Crippen molar-refractivity contribution in [1.29, 1.82) is 0 Å². The van der Waals surface area contributed by atoms with Gasteiger partial charge in [-0.25, -0.2) is 0 Å². The molecule has 0 saturated carbocycles. The van der Waals surface area contributed by atoms with Gasteiger partial charge in [-0.15, -0.1) is 0 Å². The summed E-state index contributed by atoms with van der Waals surface area (Å²) in [6.45, 7) is 6.37. The highest BCUT2D eigenvalue weighted by Crippen LogP contribution is 2.20. The van der Waals surface area contributed by atoms with Gasteiger partial charge in [-0.3, -0.25) is 9.89 Å². The van der Waals surface area contributed by atoms with Gasteiger partial charge in [0.25, 0.3) is 0 Å². The smallest absolute Gasteiger partial charge is 0.191 e. The number of rotatable bonds is 5. The molecule has 0 radical (unpaired) electrons. The lowest BCUT2D eigenvalue weighted by atomic mass is 9.96. The minimum Gasteiger partial charge on any atom is -0.497 e. The van der Waals surface area contributed by atoms with Crippen LogP contribution in [0, 0.1) is 5.92 Å². The second-order valence-electron chi connectivity index (χ2n) is 7.67. The number of benzene rings is 1. The molecule has 2 saturated heterocycles. The number of piperidine rings is 1. The van der Waals surface area contributed by atoms with Gasteiger partial charge in [0.2, 0.25) is 0 Å². The van der Waals surface area contributed by atoms with Gasteiger partial charge in [0.05, 0.1) is 7.11 Å². The monoisotopic (exact) mass is 358 g/mol. The number of nitrogens with two attached hydrogens (primary N) is 1. The normalized spacial score (nSPS) is 20.8. The SMILES string of the molecule is COc1ccc(CN2CCC(CN=C(N)N3CCCCCC3)CC2)cc1. The number of ether oxygens (including phenoxy) is 1. The maximum atomic E-state index is 6.24. The summed E-state index contributed by atoms with van der Waals surface area (Å²) in [6.07, 6.45) is 7.59. The van der Waals surface area contributed by atoms with Crippen molar-refractivity contribution in [2.24, 2.45) is 16.6 Å². The van der Waals surface area contributed by atoms with Crippen LogP contribution in [-0.4, -0.2) is 55.6 Å². The van der Waals surface area contributed by atoms with Crippen molar-refractivity contribution < 1.29 is 4.74 Å². The molecule has 0 spiro atoms. The Morgan fingerprint density at radius 1 is 1.04 bits per heavy atom. The first kappa shape index (κ1) is 19.0. The van der Waals surface area contributed by atoms with Crippen LogP contribution >= 0.6 is 0 Å². The number of nitrogens with zero attached hydrogens (tertiary/aromatic N) is 3. The number of methoxy groups -OCH3 is 1. The van der Waals surface area contributed by atoms with Crippen molar-refractivity contribution in [2.45, 2.75) is 45.1 Å². The number of hydrogen-bond donors (Lipinski definition) is 1. The van der Waals surface area contributed by atoms with Crippen molar-refractivity contribution >= 4 is 5.96 Å². The van der Waals surface area contributed by atoms with Gasteiger partial charge < -0.3 is 15.4 Å². The maximum absolute atomic E-state index is 6.24. The molecule has 26 heavy (non-hydrogen) atoms. The summed E-state index contributed by atoms with van der Waals surface area (Å²) in [7, 11) is 1.71. The Morgan fingerprint density at radius 2 is 1.69 bits per heavy atom. The largest absolute Gasteiger partial charge is 0.497 e. The maximum Gasteiger partial charge on any atom is 0.191 e. The molecule has 1 aromatic rings. The lowest BCUT2D eigenvalue weighted by molar-refractivity contribution is 0.180. The summed E-state index contributed by atoms with van der Waals surface area (Å²) < 4.78 is 5.23. The van der Waals surface area contributed by atoms with Gasteiger partial charge >= 0.3 is 0 Å². The van der Waals surface area contributed by atoms with E-state index in [9.17, 15) is 0 Å². The van der Waals surface area contributed by atoms with Crippen LogP contribution in [0.4, 0.5) is 0 Å². The quantitative estimate of drug-likeness (QED) is 0.649. The van der Waals surface area contributed by atoms with Crippen LogP contribution < -0.4 is 10.5 Å². The van der Waals surface area contributed by atoms with Crippen molar-refractivity contribution in [3.05, 3.63) is 29.8 Å². The molecule has 2 fully saturated rings. The molecular formula is C21H34N4O. The van der Waals surface area contributed by atoms with Crippen molar-refractivity contribution in [2.75, 3.05) is 39.8 Å². The average Bonchev–Trinajstić information content (AvgIpc) is 2.97. The van der Waals surface area contributed by atoms with Gasteiger partial charge in [-0.1, -0.05) is 25.0 Å². The molecule has 2 N–H and O–H groups in total. The first-order valence-corrected chi connectivity index (χ1v) is 10.1. The highest BCUT2D eigenvalue weighted by Gasteiger charge is 2.19. The molecule has 5 heteroatoms. The molecule has 0 amide bonds. The number of hydrogen-bond acceptors (Lipinski definition) is 3. The molecule has 5 nitrogen and oxygen atoms in total.